The fraction of sp³-hybridized carbons (Fsp3) is 0.250. The van der Waals surface area contributed by atoms with Gasteiger partial charge in [-0.1, -0.05) is 12.1 Å². The van der Waals surface area contributed by atoms with E-state index in [0.29, 0.717) is 11.4 Å². The molecule has 0 fully saturated rings. The number of alkyl halides is 2. The molecule has 0 aliphatic carbocycles. The summed E-state index contributed by atoms with van der Waals surface area (Å²) in [5, 5.41) is 0. The second kappa shape index (κ2) is 4.88. The molecule has 4 heteroatoms. The standard InChI is InChI=1S/C12H14F2N2/c1-9(15)7-8-16-11-5-3-10(4-6-11)12(2,13)14/h3-8H,15H2,1-2H3/b9-7-,16-8?. The first-order valence-electron chi connectivity index (χ1n) is 4.84. The van der Waals surface area contributed by atoms with E-state index < -0.39 is 5.92 Å². The van der Waals surface area contributed by atoms with Crippen molar-refractivity contribution in [3.8, 4) is 0 Å². The summed E-state index contributed by atoms with van der Waals surface area (Å²) in [5.41, 5.74) is 6.65. The second-order valence-electron chi connectivity index (χ2n) is 3.62. The molecule has 16 heavy (non-hydrogen) atoms. The molecule has 0 heterocycles. The number of aliphatic imine (C=N–C) groups is 1. The van der Waals surface area contributed by atoms with Crippen LogP contribution in [0.5, 0.6) is 0 Å². The number of halogens is 2. The molecular formula is C12H14F2N2. The first-order valence-corrected chi connectivity index (χ1v) is 4.84. The van der Waals surface area contributed by atoms with Crippen LogP contribution in [0.4, 0.5) is 14.5 Å². The predicted molar refractivity (Wildman–Crippen MR) is 62.1 cm³/mol. The van der Waals surface area contributed by atoms with Crippen molar-refractivity contribution in [2.45, 2.75) is 19.8 Å². The van der Waals surface area contributed by atoms with E-state index in [4.69, 9.17) is 5.73 Å². The van der Waals surface area contributed by atoms with Gasteiger partial charge in [0.25, 0.3) is 5.92 Å². The number of nitrogens with two attached hydrogens (primary N) is 1. The maximum absolute atomic E-state index is 12.9. The van der Waals surface area contributed by atoms with Crippen molar-refractivity contribution in [3.63, 3.8) is 0 Å². The van der Waals surface area contributed by atoms with Crippen LogP contribution in [-0.2, 0) is 5.92 Å². The zero-order valence-corrected chi connectivity index (χ0v) is 9.24. The van der Waals surface area contributed by atoms with E-state index in [9.17, 15) is 8.78 Å². The molecule has 1 rings (SSSR count). The number of hydrogen-bond acceptors (Lipinski definition) is 2. The molecule has 86 valence electrons. The molecule has 0 aliphatic heterocycles. The maximum Gasteiger partial charge on any atom is 0.270 e. The van der Waals surface area contributed by atoms with E-state index in [1.165, 1.54) is 18.3 Å². The second-order valence-corrected chi connectivity index (χ2v) is 3.62. The highest BCUT2D eigenvalue weighted by molar-refractivity contribution is 5.75. The minimum Gasteiger partial charge on any atom is -0.402 e. The van der Waals surface area contributed by atoms with Gasteiger partial charge in [-0.15, -0.1) is 0 Å². The van der Waals surface area contributed by atoms with E-state index >= 15 is 0 Å². The van der Waals surface area contributed by atoms with Crippen molar-refractivity contribution in [2.24, 2.45) is 10.7 Å². The third-order valence-corrected chi connectivity index (χ3v) is 1.94. The van der Waals surface area contributed by atoms with Crippen molar-refractivity contribution in [3.05, 3.63) is 41.6 Å². The highest BCUT2D eigenvalue weighted by Crippen LogP contribution is 2.28. The van der Waals surface area contributed by atoms with Gasteiger partial charge in [-0.25, -0.2) is 8.78 Å². The van der Waals surface area contributed by atoms with Gasteiger partial charge in [-0.05, 0) is 25.1 Å². The van der Waals surface area contributed by atoms with Gasteiger partial charge in [0.15, 0.2) is 0 Å². The molecule has 0 saturated heterocycles. The number of rotatable bonds is 3. The molecule has 2 nitrogen and oxygen atoms in total. The third kappa shape index (κ3) is 3.81. The van der Waals surface area contributed by atoms with Crippen LogP contribution in [-0.4, -0.2) is 6.21 Å². The van der Waals surface area contributed by atoms with Gasteiger partial charge in [0.05, 0.1) is 5.69 Å². The van der Waals surface area contributed by atoms with Gasteiger partial charge < -0.3 is 5.73 Å². The number of nitrogens with zero attached hydrogens (tertiary/aromatic N) is 1. The molecule has 0 radical (unpaired) electrons. The smallest absolute Gasteiger partial charge is 0.270 e. The summed E-state index contributed by atoms with van der Waals surface area (Å²) in [4.78, 5) is 4.04. The Hall–Kier alpha value is -1.71. The van der Waals surface area contributed by atoms with E-state index in [1.807, 2.05) is 0 Å². The minimum absolute atomic E-state index is 0.0167. The fourth-order valence-corrected chi connectivity index (χ4v) is 1.08. The molecule has 0 bridgehead atoms. The van der Waals surface area contributed by atoms with Gasteiger partial charge >= 0.3 is 0 Å². The predicted octanol–water partition coefficient (Wildman–Crippen LogP) is 3.36. The SMILES string of the molecule is C/C(N)=C/C=Nc1ccc(C(C)(F)F)cc1. The first-order chi connectivity index (χ1) is 7.39. The number of benzene rings is 1. The molecule has 0 atom stereocenters. The van der Waals surface area contributed by atoms with Crippen LogP contribution in [0.15, 0.2) is 41.0 Å². The topological polar surface area (TPSA) is 38.4 Å². The van der Waals surface area contributed by atoms with Crippen molar-refractivity contribution in [2.75, 3.05) is 0 Å². The van der Waals surface area contributed by atoms with Gasteiger partial charge in [0.1, 0.15) is 0 Å². The Labute approximate surface area is 93.5 Å². The van der Waals surface area contributed by atoms with Crippen LogP contribution in [0.1, 0.15) is 19.4 Å². The normalized spacial score (nSPS) is 13.4. The summed E-state index contributed by atoms with van der Waals surface area (Å²) >= 11 is 0. The van der Waals surface area contributed by atoms with E-state index in [1.54, 1.807) is 25.1 Å². The van der Waals surface area contributed by atoms with E-state index in [2.05, 4.69) is 4.99 Å². The first kappa shape index (κ1) is 12.4. The Morgan fingerprint density at radius 3 is 2.31 bits per heavy atom. The summed E-state index contributed by atoms with van der Waals surface area (Å²) < 4.78 is 25.8. The molecule has 0 saturated carbocycles. The average Bonchev–Trinajstić information content (AvgIpc) is 2.16. The lowest BCUT2D eigenvalue weighted by atomic mass is 10.1. The van der Waals surface area contributed by atoms with Crippen LogP contribution in [0.3, 0.4) is 0 Å². The quantitative estimate of drug-likeness (QED) is 0.785. The van der Waals surface area contributed by atoms with E-state index in [-0.39, 0.29) is 5.56 Å². The minimum atomic E-state index is -2.81. The summed E-state index contributed by atoms with van der Waals surface area (Å²) in [5.74, 6) is -2.81. The fourth-order valence-electron chi connectivity index (χ4n) is 1.08. The Bertz CT molecular complexity index is 396. The Morgan fingerprint density at radius 2 is 1.88 bits per heavy atom. The molecule has 2 N–H and O–H groups in total. The summed E-state index contributed by atoms with van der Waals surface area (Å²) in [6.45, 7) is 2.61. The molecule has 0 aromatic heterocycles. The highest BCUT2D eigenvalue weighted by atomic mass is 19.3. The number of allylic oxidation sites excluding steroid dienone is 2. The van der Waals surface area contributed by atoms with Crippen LogP contribution in [0.2, 0.25) is 0 Å². The lowest BCUT2D eigenvalue weighted by Gasteiger charge is -2.09. The molecule has 1 aromatic carbocycles. The summed E-state index contributed by atoms with van der Waals surface area (Å²) in [6, 6.07) is 5.82. The molecule has 1 aromatic rings. The van der Waals surface area contributed by atoms with Gasteiger partial charge in [-0.2, -0.15) is 0 Å². The van der Waals surface area contributed by atoms with Crippen LogP contribution in [0, 0.1) is 0 Å². The van der Waals surface area contributed by atoms with Crippen molar-refractivity contribution >= 4 is 11.9 Å². The molecular weight excluding hydrogens is 210 g/mol. The van der Waals surface area contributed by atoms with Crippen molar-refractivity contribution in [1.29, 1.82) is 0 Å². The van der Waals surface area contributed by atoms with Crippen LogP contribution >= 0.6 is 0 Å². The summed E-state index contributed by atoms with van der Waals surface area (Å²) in [7, 11) is 0. The lowest BCUT2D eigenvalue weighted by molar-refractivity contribution is 0.0175. The van der Waals surface area contributed by atoms with Crippen LogP contribution in [0.25, 0.3) is 0 Å². The zero-order chi connectivity index (χ0) is 12.2. The van der Waals surface area contributed by atoms with Gasteiger partial charge in [0, 0.05) is 24.4 Å². The zero-order valence-electron chi connectivity index (χ0n) is 9.24. The van der Waals surface area contributed by atoms with Crippen molar-refractivity contribution < 1.29 is 8.78 Å². The van der Waals surface area contributed by atoms with Gasteiger partial charge in [-0.3, -0.25) is 4.99 Å². The summed E-state index contributed by atoms with van der Waals surface area (Å²) in [6.07, 6.45) is 3.18. The monoisotopic (exact) mass is 224 g/mol. The van der Waals surface area contributed by atoms with Crippen molar-refractivity contribution in [1.82, 2.24) is 0 Å². The van der Waals surface area contributed by atoms with Gasteiger partial charge in [0.2, 0.25) is 0 Å². The molecule has 0 aliphatic rings. The number of hydrogen-bond donors (Lipinski definition) is 1. The van der Waals surface area contributed by atoms with E-state index in [0.717, 1.165) is 6.92 Å². The Morgan fingerprint density at radius 1 is 1.31 bits per heavy atom. The molecule has 0 amide bonds. The highest BCUT2D eigenvalue weighted by Gasteiger charge is 2.23. The molecule has 0 unspecified atom stereocenters. The Kier molecular flexibility index (Phi) is 3.77. The lowest BCUT2D eigenvalue weighted by Crippen LogP contribution is -2.05. The average molecular weight is 224 g/mol. The largest absolute Gasteiger partial charge is 0.402 e. The maximum atomic E-state index is 12.9. The Balaban J connectivity index is 2.80. The molecule has 0 spiro atoms. The van der Waals surface area contributed by atoms with Crippen LogP contribution < -0.4 is 5.73 Å². The third-order valence-electron chi connectivity index (χ3n) is 1.94.